The molecule has 0 fully saturated rings. The van der Waals surface area contributed by atoms with Crippen LogP contribution in [0.4, 0.5) is 0 Å². The van der Waals surface area contributed by atoms with Crippen molar-refractivity contribution in [2.24, 2.45) is 0 Å². The van der Waals surface area contributed by atoms with Gasteiger partial charge in [0.1, 0.15) is 5.82 Å². The molecule has 2 heterocycles. The van der Waals surface area contributed by atoms with Crippen LogP contribution in [0.1, 0.15) is 12.5 Å². The molecule has 0 aliphatic heterocycles. The molecule has 0 radical (unpaired) electrons. The number of nitrogens with one attached hydrogen (secondary N) is 1. The van der Waals surface area contributed by atoms with E-state index in [1.807, 2.05) is 12.1 Å². The standard InChI is InChI=1S/C14H13N3/c1-2-10-3-4-12-13(9-10)17-14(16-12)11-5-7-15-8-6-11/h3-9H,2H2,1H3,(H,16,17). The highest BCUT2D eigenvalue weighted by atomic mass is 14.9. The van der Waals surface area contributed by atoms with Crippen LogP contribution in [-0.2, 0) is 6.42 Å². The number of pyridine rings is 1. The monoisotopic (exact) mass is 223 g/mol. The Morgan fingerprint density at radius 1 is 1.12 bits per heavy atom. The Bertz CT molecular complexity index is 641. The molecule has 1 aromatic carbocycles. The van der Waals surface area contributed by atoms with Crippen LogP contribution in [0, 0.1) is 0 Å². The Hall–Kier alpha value is -2.16. The average Bonchev–Trinajstić information content (AvgIpc) is 2.82. The molecule has 0 atom stereocenters. The second kappa shape index (κ2) is 4.01. The topological polar surface area (TPSA) is 41.6 Å². The number of nitrogens with zero attached hydrogens (tertiary/aromatic N) is 2. The second-order valence-electron chi connectivity index (χ2n) is 4.03. The van der Waals surface area contributed by atoms with Crippen LogP contribution < -0.4 is 0 Å². The Labute approximate surface area is 99.5 Å². The minimum absolute atomic E-state index is 0.899. The molecule has 0 amide bonds. The Morgan fingerprint density at radius 2 is 1.94 bits per heavy atom. The fraction of sp³-hybridized carbons (Fsp3) is 0.143. The summed E-state index contributed by atoms with van der Waals surface area (Å²) in [5, 5.41) is 0. The van der Waals surface area contributed by atoms with Gasteiger partial charge in [-0.1, -0.05) is 13.0 Å². The molecular formula is C14H13N3. The predicted octanol–water partition coefficient (Wildman–Crippen LogP) is 3.19. The van der Waals surface area contributed by atoms with Gasteiger partial charge < -0.3 is 4.98 Å². The summed E-state index contributed by atoms with van der Waals surface area (Å²) >= 11 is 0. The summed E-state index contributed by atoms with van der Waals surface area (Å²) in [5.41, 5.74) is 4.49. The lowest BCUT2D eigenvalue weighted by Gasteiger charge is -1.94. The molecule has 17 heavy (non-hydrogen) atoms. The first-order valence-corrected chi connectivity index (χ1v) is 5.76. The molecule has 84 valence electrons. The molecule has 0 saturated heterocycles. The largest absolute Gasteiger partial charge is 0.338 e. The smallest absolute Gasteiger partial charge is 0.138 e. The zero-order valence-corrected chi connectivity index (χ0v) is 9.64. The second-order valence-corrected chi connectivity index (χ2v) is 4.03. The fourth-order valence-electron chi connectivity index (χ4n) is 1.92. The molecule has 3 nitrogen and oxygen atoms in total. The van der Waals surface area contributed by atoms with Gasteiger partial charge in [-0.3, -0.25) is 4.98 Å². The Morgan fingerprint density at radius 3 is 2.71 bits per heavy atom. The van der Waals surface area contributed by atoms with Crippen molar-refractivity contribution >= 4 is 11.0 Å². The minimum atomic E-state index is 0.899. The molecule has 2 aromatic heterocycles. The van der Waals surface area contributed by atoms with E-state index in [2.05, 4.69) is 40.1 Å². The van der Waals surface area contributed by atoms with Gasteiger partial charge in [0.05, 0.1) is 11.0 Å². The molecule has 1 N–H and O–H groups in total. The molecule has 3 aromatic rings. The lowest BCUT2D eigenvalue weighted by molar-refractivity contribution is 1.14. The van der Waals surface area contributed by atoms with Gasteiger partial charge in [-0.15, -0.1) is 0 Å². The van der Waals surface area contributed by atoms with Gasteiger partial charge in [0.25, 0.3) is 0 Å². The van der Waals surface area contributed by atoms with Gasteiger partial charge in [-0.2, -0.15) is 0 Å². The van der Waals surface area contributed by atoms with E-state index in [1.165, 1.54) is 5.56 Å². The number of fused-ring (bicyclic) bond motifs is 1. The summed E-state index contributed by atoms with van der Waals surface area (Å²) in [7, 11) is 0. The quantitative estimate of drug-likeness (QED) is 0.725. The third-order valence-electron chi connectivity index (χ3n) is 2.91. The van der Waals surface area contributed by atoms with Crippen LogP contribution in [0.3, 0.4) is 0 Å². The number of hydrogen-bond acceptors (Lipinski definition) is 2. The summed E-state index contributed by atoms with van der Waals surface area (Å²) in [6.45, 7) is 2.15. The van der Waals surface area contributed by atoms with Gasteiger partial charge in [-0.25, -0.2) is 4.98 Å². The number of hydrogen-bond donors (Lipinski definition) is 1. The first-order valence-electron chi connectivity index (χ1n) is 5.76. The van der Waals surface area contributed by atoms with Crippen LogP contribution >= 0.6 is 0 Å². The maximum absolute atomic E-state index is 4.58. The van der Waals surface area contributed by atoms with Gasteiger partial charge >= 0.3 is 0 Å². The minimum Gasteiger partial charge on any atom is -0.338 e. The van der Waals surface area contributed by atoms with Crippen LogP contribution in [-0.4, -0.2) is 15.0 Å². The van der Waals surface area contributed by atoms with Gasteiger partial charge in [0.2, 0.25) is 0 Å². The summed E-state index contributed by atoms with van der Waals surface area (Å²) in [4.78, 5) is 11.9. The molecule has 0 saturated carbocycles. The van der Waals surface area contributed by atoms with Crippen LogP contribution in [0.2, 0.25) is 0 Å². The van der Waals surface area contributed by atoms with E-state index in [0.717, 1.165) is 28.8 Å². The van der Waals surface area contributed by atoms with Gasteiger partial charge in [0, 0.05) is 18.0 Å². The van der Waals surface area contributed by atoms with Crippen molar-refractivity contribution in [2.75, 3.05) is 0 Å². The highest BCUT2D eigenvalue weighted by Gasteiger charge is 2.04. The van der Waals surface area contributed by atoms with E-state index in [0.29, 0.717) is 0 Å². The van der Waals surface area contributed by atoms with Crippen molar-refractivity contribution in [1.29, 1.82) is 0 Å². The van der Waals surface area contributed by atoms with Crippen molar-refractivity contribution in [3.05, 3.63) is 48.3 Å². The van der Waals surface area contributed by atoms with Gasteiger partial charge in [-0.05, 0) is 36.2 Å². The molecule has 0 unspecified atom stereocenters. The Balaban J connectivity index is 2.14. The van der Waals surface area contributed by atoms with Crippen LogP contribution in [0.25, 0.3) is 22.4 Å². The molecular weight excluding hydrogens is 210 g/mol. The van der Waals surface area contributed by atoms with E-state index in [4.69, 9.17) is 0 Å². The molecule has 3 rings (SSSR count). The molecule has 0 bridgehead atoms. The lowest BCUT2D eigenvalue weighted by Crippen LogP contribution is -1.79. The summed E-state index contributed by atoms with van der Waals surface area (Å²) in [5.74, 6) is 0.899. The van der Waals surface area contributed by atoms with Crippen molar-refractivity contribution in [2.45, 2.75) is 13.3 Å². The van der Waals surface area contributed by atoms with Gasteiger partial charge in [0.15, 0.2) is 0 Å². The number of aromatic amines is 1. The number of imidazole rings is 1. The van der Waals surface area contributed by atoms with E-state index in [9.17, 15) is 0 Å². The molecule has 0 aliphatic carbocycles. The number of rotatable bonds is 2. The van der Waals surface area contributed by atoms with Crippen LogP contribution in [0.5, 0.6) is 0 Å². The third-order valence-corrected chi connectivity index (χ3v) is 2.91. The average molecular weight is 223 g/mol. The van der Waals surface area contributed by atoms with Crippen molar-refractivity contribution in [1.82, 2.24) is 15.0 Å². The normalized spacial score (nSPS) is 10.9. The van der Waals surface area contributed by atoms with E-state index in [1.54, 1.807) is 12.4 Å². The van der Waals surface area contributed by atoms with E-state index in [-0.39, 0.29) is 0 Å². The summed E-state index contributed by atoms with van der Waals surface area (Å²) in [6.07, 6.45) is 4.60. The zero-order valence-electron chi connectivity index (χ0n) is 9.64. The lowest BCUT2D eigenvalue weighted by atomic mass is 10.1. The number of aryl methyl sites for hydroxylation is 1. The highest BCUT2D eigenvalue weighted by molar-refractivity contribution is 5.79. The molecule has 0 spiro atoms. The number of benzene rings is 1. The first-order chi connectivity index (χ1) is 8.36. The fourth-order valence-corrected chi connectivity index (χ4v) is 1.92. The van der Waals surface area contributed by atoms with E-state index >= 15 is 0 Å². The van der Waals surface area contributed by atoms with Crippen molar-refractivity contribution < 1.29 is 0 Å². The number of aromatic nitrogens is 3. The van der Waals surface area contributed by atoms with Crippen molar-refractivity contribution in [3.63, 3.8) is 0 Å². The van der Waals surface area contributed by atoms with Crippen molar-refractivity contribution in [3.8, 4) is 11.4 Å². The zero-order chi connectivity index (χ0) is 11.7. The maximum atomic E-state index is 4.58. The molecule has 3 heteroatoms. The van der Waals surface area contributed by atoms with E-state index < -0.39 is 0 Å². The summed E-state index contributed by atoms with van der Waals surface area (Å²) in [6, 6.07) is 10.3. The predicted molar refractivity (Wildman–Crippen MR) is 68.7 cm³/mol. The molecule has 0 aliphatic rings. The maximum Gasteiger partial charge on any atom is 0.138 e. The number of H-pyrrole nitrogens is 1. The SMILES string of the molecule is CCc1ccc2nc(-c3ccncc3)[nH]c2c1. The summed E-state index contributed by atoms with van der Waals surface area (Å²) < 4.78 is 0. The Kier molecular flexibility index (Phi) is 2.37. The highest BCUT2D eigenvalue weighted by Crippen LogP contribution is 2.20. The van der Waals surface area contributed by atoms with Crippen LogP contribution in [0.15, 0.2) is 42.7 Å². The first kappa shape index (κ1) is 10.0. The third kappa shape index (κ3) is 1.80.